The normalized spacial score (nSPS) is 17.7. The SMILES string of the molecule is CC1(C)C[C@H]1c1cccnc1C(NC(=O)c1ccc2ncccc2c1)c1ccc(C(F)(F)F)cc1. The highest BCUT2D eigenvalue weighted by Gasteiger charge is 2.48. The van der Waals surface area contributed by atoms with Crippen LogP contribution in [0, 0.1) is 5.41 Å². The number of alkyl halides is 3. The summed E-state index contributed by atoms with van der Waals surface area (Å²) in [6.07, 6.45) is -0.120. The number of rotatable bonds is 5. The molecule has 0 aliphatic heterocycles. The van der Waals surface area contributed by atoms with Crippen LogP contribution in [0.2, 0.25) is 0 Å². The summed E-state index contributed by atoms with van der Waals surface area (Å²) in [5.74, 6) is -0.0703. The van der Waals surface area contributed by atoms with Crippen molar-refractivity contribution in [1.82, 2.24) is 15.3 Å². The topological polar surface area (TPSA) is 54.9 Å². The van der Waals surface area contributed by atoms with Crippen molar-refractivity contribution >= 4 is 16.8 Å². The van der Waals surface area contributed by atoms with E-state index >= 15 is 0 Å². The van der Waals surface area contributed by atoms with Gasteiger partial charge in [0, 0.05) is 23.3 Å². The standard InChI is InChI=1S/C28H24F3N3O/c1-27(2)16-22(27)21-6-4-14-33-25(21)24(17-7-10-20(11-8-17)28(29,30)31)34-26(35)19-9-12-23-18(15-19)5-3-13-32-23/h3-15,22,24H,16H2,1-2H3,(H,34,35)/t22-,24?/m0/s1. The fourth-order valence-corrected chi connectivity index (χ4v) is 4.57. The van der Waals surface area contributed by atoms with E-state index in [0.29, 0.717) is 16.8 Å². The second kappa shape index (κ2) is 8.48. The third-order valence-corrected chi connectivity index (χ3v) is 6.75. The van der Waals surface area contributed by atoms with E-state index in [-0.39, 0.29) is 17.2 Å². The molecule has 2 heterocycles. The Morgan fingerprint density at radius 3 is 2.37 bits per heavy atom. The lowest BCUT2D eigenvalue weighted by molar-refractivity contribution is -0.137. The fourth-order valence-electron chi connectivity index (χ4n) is 4.57. The van der Waals surface area contributed by atoms with Crippen LogP contribution in [0.3, 0.4) is 0 Å². The van der Waals surface area contributed by atoms with Gasteiger partial charge in [-0.3, -0.25) is 14.8 Å². The highest BCUT2D eigenvalue weighted by Crippen LogP contribution is 2.59. The molecule has 0 spiro atoms. The third kappa shape index (κ3) is 4.63. The number of hydrogen-bond acceptors (Lipinski definition) is 3. The molecule has 2 atom stereocenters. The van der Waals surface area contributed by atoms with Crippen LogP contribution in [-0.4, -0.2) is 15.9 Å². The van der Waals surface area contributed by atoms with Crippen LogP contribution in [0.4, 0.5) is 13.2 Å². The van der Waals surface area contributed by atoms with E-state index in [0.717, 1.165) is 35.0 Å². The van der Waals surface area contributed by atoms with E-state index in [2.05, 4.69) is 29.1 Å². The lowest BCUT2D eigenvalue weighted by Crippen LogP contribution is -2.31. The Morgan fingerprint density at radius 1 is 1.00 bits per heavy atom. The summed E-state index contributed by atoms with van der Waals surface area (Å²) in [5, 5.41) is 3.86. The van der Waals surface area contributed by atoms with Gasteiger partial charge in [-0.2, -0.15) is 13.2 Å². The van der Waals surface area contributed by atoms with E-state index in [1.165, 1.54) is 12.1 Å². The van der Waals surface area contributed by atoms with Crippen molar-refractivity contribution in [3.05, 3.63) is 107 Å². The van der Waals surface area contributed by atoms with Crippen molar-refractivity contribution in [1.29, 1.82) is 0 Å². The largest absolute Gasteiger partial charge is 0.416 e. The number of halogens is 3. The van der Waals surface area contributed by atoms with Crippen molar-refractivity contribution < 1.29 is 18.0 Å². The van der Waals surface area contributed by atoms with Crippen molar-refractivity contribution in [2.24, 2.45) is 5.41 Å². The van der Waals surface area contributed by atoms with E-state index in [1.807, 2.05) is 18.2 Å². The van der Waals surface area contributed by atoms with Crippen molar-refractivity contribution in [2.75, 3.05) is 0 Å². The first-order valence-corrected chi connectivity index (χ1v) is 11.4. The van der Waals surface area contributed by atoms with Gasteiger partial charge in [-0.15, -0.1) is 0 Å². The number of carbonyl (C=O) groups excluding carboxylic acids is 1. The van der Waals surface area contributed by atoms with Crippen LogP contribution in [-0.2, 0) is 6.18 Å². The van der Waals surface area contributed by atoms with Gasteiger partial charge in [-0.05, 0) is 71.3 Å². The maximum atomic E-state index is 13.4. The molecule has 1 saturated carbocycles. The Morgan fingerprint density at radius 2 is 1.69 bits per heavy atom. The zero-order valence-corrected chi connectivity index (χ0v) is 19.3. The monoisotopic (exact) mass is 475 g/mol. The molecule has 178 valence electrons. The Balaban J connectivity index is 1.54. The molecule has 4 nitrogen and oxygen atoms in total. The quantitative estimate of drug-likeness (QED) is 0.350. The molecule has 2 aromatic heterocycles. The predicted molar refractivity (Wildman–Crippen MR) is 128 cm³/mol. The van der Waals surface area contributed by atoms with Gasteiger partial charge >= 0.3 is 6.18 Å². The van der Waals surface area contributed by atoms with Gasteiger partial charge in [-0.1, -0.05) is 38.1 Å². The maximum Gasteiger partial charge on any atom is 0.416 e. The fraction of sp³-hybridized carbons (Fsp3) is 0.250. The lowest BCUT2D eigenvalue weighted by Gasteiger charge is -2.23. The minimum atomic E-state index is -4.44. The highest BCUT2D eigenvalue weighted by atomic mass is 19.4. The Hall–Kier alpha value is -3.74. The average Bonchev–Trinajstić information content (AvgIpc) is 3.49. The number of hydrogen-bond donors (Lipinski definition) is 1. The number of nitrogens with one attached hydrogen (secondary N) is 1. The number of fused-ring (bicyclic) bond motifs is 1. The molecular formula is C28H24F3N3O. The number of nitrogens with zero attached hydrogens (tertiary/aromatic N) is 2. The van der Waals surface area contributed by atoms with Crippen LogP contribution in [0.25, 0.3) is 10.9 Å². The van der Waals surface area contributed by atoms with Gasteiger partial charge in [0.2, 0.25) is 0 Å². The number of carbonyl (C=O) groups is 1. The summed E-state index contributed by atoms with van der Waals surface area (Å²) in [7, 11) is 0. The number of benzene rings is 2. The van der Waals surface area contributed by atoms with Gasteiger partial charge in [0.1, 0.15) is 0 Å². The minimum Gasteiger partial charge on any atom is -0.340 e. The van der Waals surface area contributed by atoms with E-state index in [9.17, 15) is 18.0 Å². The molecule has 7 heteroatoms. The molecule has 1 aliphatic carbocycles. The molecular weight excluding hydrogens is 451 g/mol. The Kier molecular flexibility index (Phi) is 5.58. The molecule has 1 N–H and O–H groups in total. The third-order valence-electron chi connectivity index (χ3n) is 6.75. The number of aromatic nitrogens is 2. The Bertz CT molecular complexity index is 1400. The van der Waals surface area contributed by atoms with Gasteiger partial charge in [0.05, 0.1) is 22.8 Å². The highest BCUT2D eigenvalue weighted by molar-refractivity contribution is 5.98. The lowest BCUT2D eigenvalue weighted by atomic mass is 9.93. The van der Waals surface area contributed by atoms with E-state index in [4.69, 9.17) is 0 Å². The predicted octanol–water partition coefficient (Wildman–Crippen LogP) is 6.68. The van der Waals surface area contributed by atoms with Crippen LogP contribution in [0.15, 0.2) is 79.1 Å². The van der Waals surface area contributed by atoms with Crippen molar-refractivity contribution in [3.8, 4) is 0 Å². The van der Waals surface area contributed by atoms with Crippen LogP contribution >= 0.6 is 0 Å². The molecule has 5 rings (SSSR count). The molecule has 0 radical (unpaired) electrons. The second-order valence-electron chi connectivity index (χ2n) is 9.66. The Labute approximate surface area is 201 Å². The molecule has 1 aliphatic rings. The maximum absolute atomic E-state index is 13.4. The molecule has 2 aromatic carbocycles. The number of pyridine rings is 2. The van der Waals surface area contributed by atoms with Gasteiger partial charge in [0.15, 0.2) is 0 Å². The average molecular weight is 476 g/mol. The van der Waals surface area contributed by atoms with Gasteiger partial charge in [-0.25, -0.2) is 0 Å². The first-order valence-electron chi connectivity index (χ1n) is 11.4. The smallest absolute Gasteiger partial charge is 0.340 e. The van der Waals surface area contributed by atoms with Crippen molar-refractivity contribution in [3.63, 3.8) is 0 Å². The zero-order valence-electron chi connectivity index (χ0n) is 19.3. The summed E-state index contributed by atoms with van der Waals surface area (Å²) < 4.78 is 39.5. The summed E-state index contributed by atoms with van der Waals surface area (Å²) >= 11 is 0. The zero-order chi connectivity index (χ0) is 24.8. The van der Waals surface area contributed by atoms with Gasteiger partial charge in [0.25, 0.3) is 5.91 Å². The number of amides is 1. The minimum absolute atomic E-state index is 0.109. The molecule has 1 fully saturated rings. The first-order chi connectivity index (χ1) is 16.6. The summed E-state index contributed by atoms with van der Waals surface area (Å²) in [4.78, 5) is 22.2. The van der Waals surface area contributed by atoms with Crippen molar-refractivity contribution in [2.45, 2.75) is 38.4 Å². The summed E-state index contributed by atoms with van der Waals surface area (Å²) in [6, 6.07) is 16.9. The molecule has 4 aromatic rings. The first kappa shape index (κ1) is 23.0. The summed E-state index contributed by atoms with van der Waals surface area (Å²) in [5.41, 5.74) is 2.77. The van der Waals surface area contributed by atoms with Crippen LogP contribution < -0.4 is 5.32 Å². The molecule has 0 bridgehead atoms. The second-order valence-corrected chi connectivity index (χ2v) is 9.66. The molecule has 35 heavy (non-hydrogen) atoms. The van der Waals surface area contributed by atoms with E-state index in [1.54, 1.807) is 36.7 Å². The molecule has 1 unspecified atom stereocenters. The van der Waals surface area contributed by atoms with Crippen LogP contribution in [0.5, 0.6) is 0 Å². The van der Waals surface area contributed by atoms with Gasteiger partial charge < -0.3 is 5.32 Å². The van der Waals surface area contributed by atoms with Crippen LogP contribution in [0.1, 0.15) is 65.0 Å². The molecule has 0 saturated heterocycles. The van der Waals surface area contributed by atoms with E-state index < -0.39 is 17.8 Å². The molecule has 1 amide bonds. The summed E-state index contributed by atoms with van der Waals surface area (Å²) in [6.45, 7) is 4.34.